The zero-order valence-corrected chi connectivity index (χ0v) is 14.0. The number of nitrogens with zero attached hydrogens (tertiary/aromatic N) is 5. The van der Waals surface area contributed by atoms with Crippen LogP contribution in [0, 0.1) is 6.92 Å². The zero-order valence-electron chi connectivity index (χ0n) is 12.5. The van der Waals surface area contributed by atoms with Crippen LogP contribution in [-0.4, -0.2) is 31.1 Å². The van der Waals surface area contributed by atoms with Crippen LogP contribution in [-0.2, 0) is 9.13 Å². The number of amides is 1. The van der Waals surface area contributed by atoms with E-state index in [4.69, 9.17) is 23.2 Å². The van der Waals surface area contributed by atoms with Crippen LogP contribution in [0.4, 0.5) is 5.69 Å². The number of carbonyl (C=O) groups is 1. The van der Waals surface area contributed by atoms with Gasteiger partial charge in [0.05, 0.1) is 5.69 Å². The van der Waals surface area contributed by atoms with Gasteiger partial charge in [0, 0.05) is 18.1 Å². The summed E-state index contributed by atoms with van der Waals surface area (Å²) in [5.74, 6) is -0.659. The number of alkyl halides is 2. The van der Waals surface area contributed by atoms with E-state index >= 15 is 0 Å². The van der Waals surface area contributed by atoms with Crippen molar-refractivity contribution in [3.05, 3.63) is 60.2 Å². The first-order valence-corrected chi connectivity index (χ1v) is 7.70. The van der Waals surface area contributed by atoms with Crippen molar-refractivity contribution in [3.63, 3.8) is 0 Å². The molecule has 0 bridgehead atoms. The summed E-state index contributed by atoms with van der Waals surface area (Å²) in [6.45, 7) is 1.89. The van der Waals surface area contributed by atoms with Crippen molar-refractivity contribution in [3.8, 4) is 5.69 Å². The maximum absolute atomic E-state index is 12.5. The molecular formula is C15H12Cl2N6O. The van der Waals surface area contributed by atoms with Gasteiger partial charge in [-0.25, -0.2) is 0 Å². The molecule has 0 aliphatic rings. The minimum Gasteiger partial charge on any atom is -0.323 e. The Morgan fingerprint density at radius 1 is 1.17 bits per heavy atom. The number of aryl methyl sites for hydroxylation is 1. The van der Waals surface area contributed by atoms with E-state index in [0.29, 0.717) is 11.4 Å². The second kappa shape index (κ2) is 6.54. The summed E-state index contributed by atoms with van der Waals surface area (Å²) >= 11 is 12.6. The molecule has 0 spiro atoms. The topological polar surface area (TPSA) is 85.6 Å². The Morgan fingerprint density at radius 3 is 2.58 bits per heavy atom. The van der Waals surface area contributed by atoms with Crippen molar-refractivity contribution in [2.45, 2.75) is 11.3 Å². The maximum atomic E-state index is 12.5. The van der Waals surface area contributed by atoms with Crippen LogP contribution in [0.15, 0.2) is 48.8 Å². The third-order valence-electron chi connectivity index (χ3n) is 3.32. The van der Waals surface area contributed by atoms with Gasteiger partial charge in [0.1, 0.15) is 0 Å². The smallest absolute Gasteiger partial charge is 0.268 e. The van der Waals surface area contributed by atoms with Crippen molar-refractivity contribution in [1.29, 1.82) is 0 Å². The van der Waals surface area contributed by atoms with Gasteiger partial charge in [-0.3, -0.25) is 9.78 Å². The number of hydrogen-bond acceptors (Lipinski definition) is 5. The minimum atomic E-state index is -1.98. The molecular weight excluding hydrogens is 351 g/mol. The Bertz CT molecular complexity index is 865. The quantitative estimate of drug-likeness (QED) is 0.721. The summed E-state index contributed by atoms with van der Waals surface area (Å²) in [5, 5.41) is 13.9. The van der Waals surface area contributed by atoms with E-state index in [1.165, 1.54) is 17.1 Å². The second-order valence-electron chi connectivity index (χ2n) is 4.97. The molecule has 0 fully saturated rings. The molecule has 1 amide bonds. The summed E-state index contributed by atoms with van der Waals surface area (Å²) in [5.41, 5.74) is 2.10. The number of pyridine rings is 1. The first kappa shape index (κ1) is 16.4. The van der Waals surface area contributed by atoms with Gasteiger partial charge >= 0.3 is 0 Å². The van der Waals surface area contributed by atoms with Gasteiger partial charge in [0.2, 0.25) is 5.82 Å². The third kappa shape index (κ3) is 3.08. The predicted molar refractivity (Wildman–Crippen MR) is 90.1 cm³/mol. The summed E-state index contributed by atoms with van der Waals surface area (Å²) in [6, 6.07) is 10.6. The van der Waals surface area contributed by atoms with E-state index in [9.17, 15) is 4.79 Å². The number of carbonyl (C=O) groups excluding carboxylic acids is 1. The van der Waals surface area contributed by atoms with Gasteiger partial charge in [-0.05, 0) is 41.1 Å². The molecule has 7 nitrogen and oxygen atoms in total. The molecule has 0 atom stereocenters. The predicted octanol–water partition coefficient (Wildman–Crippen LogP) is 2.63. The molecule has 2 heterocycles. The molecule has 9 heteroatoms. The summed E-state index contributed by atoms with van der Waals surface area (Å²) < 4.78 is -0.628. The number of aromatic nitrogens is 5. The molecule has 0 aliphatic heterocycles. The van der Waals surface area contributed by atoms with Crippen LogP contribution in [0.3, 0.4) is 0 Å². The van der Waals surface area contributed by atoms with E-state index in [1.807, 2.05) is 25.1 Å². The van der Waals surface area contributed by atoms with Crippen molar-refractivity contribution in [1.82, 2.24) is 25.2 Å². The van der Waals surface area contributed by atoms with Crippen LogP contribution in [0.25, 0.3) is 5.69 Å². The molecule has 0 unspecified atom stereocenters. The van der Waals surface area contributed by atoms with E-state index in [-0.39, 0.29) is 5.82 Å². The fraction of sp³-hybridized carbons (Fsp3) is 0.133. The lowest BCUT2D eigenvalue weighted by atomic mass is 10.2. The first-order chi connectivity index (χ1) is 11.5. The Labute approximate surface area is 147 Å². The van der Waals surface area contributed by atoms with Crippen molar-refractivity contribution >= 4 is 34.8 Å². The number of hydrogen-bond donors (Lipinski definition) is 1. The highest BCUT2D eigenvalue weighted by Crippen LogP contribution is 2.34. The SMILES string of the molecule is Cc1ccccc1-n1nnnc1C(Cl)(Cl)C(=O)Nc1ccncc1. The molecule has 2 aromatic heterocycles. The zero-order chi connectivity index (χ0) is 17.2. The van der Waals surface area contributed by atoms with E-state index in [1.54, 1.807) is 18.2 Å². The van der Waals surface area contributed by atoms with Crippen molar-refractivity contribution in [2.75, 3.05) is 5.32 Å². The van der Waals surface area contributed by atoms with Gasteiger partial charge in [0.15, 0.2) is 0 Å². The molecule has 24 heavy (non-hydrogen) atoms. The molecule has 0 radical (unpaired) electrons. The number of benzene rings is 1. The largest absolute Gasteiger partial charge is 0.323 e. The fourth-order valence-electron chi connectivity index (χ4n) is 2.09. The van der Waals surface area contributed by atoms with E-state index in [0.717, 1.165) is 5.56 Å². The maximum Gasteiger partial charge on any atom is 0.268 e. The van der Waals surface area contributed by atoms with Crippen LogP contribution in [0.2, 0.25) is 0 Å². The van der Waals surface area contributed by atoms with E-state index in [2.05, 4.69) is 25.8 Å². The number of para-hydroxylation sites is 1. The molecule has 3 aromatic rings. The number of nitrogens with one attached hydrogen (secondary N) is 1. The Balaban J connectivity index is 1.95. The Hall–Kier alpha value is -2.51. The number of halogens is 2. The molecule has 3 rings (SSSR count). The second-order valence-corrected chi connectivity index (χ2v) is 6.29. The van der Waals surface area contributed by atoms with Crippen LogP contribution < -0.4 is 5.32 Å². The summed E-state index contributed by atoms with van der Waals surface area (Å²) in [7, 11) is 0. The molecule has 0 aliphatic carbocycles. The highest BCUT2D eigenvalue weighted by molar-refractivity contribution is 6.58. The Kier molecular flexibility index (Phi) is 4.46. The lowest BCUT2D eigenvalue weighted by molar-refractivity contribution is -0.117. The number of tetrazole rings is 1. The molecule has 1 N–H and O–H groups in total. The van der Waals surface area contributed by atoms with Crippen molar-refractivity contribution in [2.24, 2.45) is 0 Å². The summed E-state index contributed by atoms with van der Waals surface area (Å²) in [6.07, 6.45) is 3.08. The van der Waals surface area contributed by atoms with Crippen LogP contribution in [0.1, 0.15) is 11.4 Å². The average Bonchev–Trinajstić information content (AvgIpc) is 3.06. The number of anilines is 1. The van der Waals surface area contributed by atoms with Gasteiger partial charge in [-0.15, -0.1) is 5.10 Å². The highest BCUT2D eigenvalue weighted by Gasteiger charge is 2.42. The fourth-order valence-corrected chi connectivity index (χ4v) is 2.42. The van der Waals surface area contributed by atoms with E-state index < -0.39 is 10.2 Å². The normalized spacial score (nSPS) is 11.3. The van der Waals surface area contributed by atoms with Gasteiger partial charge in [-0.2, -0.15) is 4.68 Å². The summed E-state index contributed by atoms with van der Waals surface area (Å²) in [4.78, 5) is 16.4. The lowest BCUT2D eigenvalue weighted by Crippen LogP contribution is -2.33. The van der Waals surface area contributed by atoms with Gasteiger partial charge in [0.25, 0.3) is 10.2 Å². The molecule has 1 aromatic carbocycles. The lowest BCUT2D eigenvalue weighted by Gasteiger charge is -2.18. The first-order valence-electron chi connectivity index (χ1n) is 6.94. The molecule has 0 saturated heterocycles. The van der Waals surface area contributed by atoms with Crippen molar-refractivity contribution < 1.29 is 4.79 Å². The van der Waals surface area contributed by atoms with Crippen LogP contribution >= 0.6 is 23.2 Å². The minimum absolute atomic E-state index is 0.00619. The highest BCUT2D eigenvalue weighted by atomic mass is 35.5. The molecule has 122 valence electrons. The molecule has 0 saturated carbocycles. The Morgan fingerprint density at radius 2 is 1.88 bits per heavy atom. The van der Waals surface area contributed by atoms with Gasteiger partial charge in [-0.1, -0.05) is 41.4 Å². The monoisotopic (exact) mass is 362 g/mol. The standard InChI is InChI=1S/C15H12Cl2N6O/c1-10-4-2-3-5-12(10)23-13(20-21-22-23)15(16,17)14(24)19-11-6-8-18-9-7-11/h2-9H,1H3,(H,18,19,24). The average molecular weight is 363 g/mol. The van der Waals surface area contributed by atoms with Crippen LogP contribution in [0.5, 0.6) is 0 Å². The third-order valence-corrected chi connectivity index (χ3v) is 4.00. The number of rotatable bonds is 4. The van der Waals surface area contributed by atoms with Gasteiger partial charge < -0.3 is 5.32 Å².